The molecule has 2 aliphatic heterocycles. The van der Waals surface area contributed by atoms with Gasteiger partial charge in [-0.2, -0.15) is 0 Å². The Labute approximate surface area is 206 Å². The van der Waals surface area contributed by atoms with Crippen LogP contribution in [0.5, 0.6) is 0 Å². The van der Waals surface area contributed by atoms with E-state index in [0.29, 0.717) is 46.4 Å². The molecular formula is C21H26ClN9O2S. The lowest BCUT2D eigenvalue weighted by Gasteiger charge is -2.37. The van der Waals surface area contributed by atoms with Crippen LogP contribution < -0.4 is 21.3 Å². The standard InChI is InChI=1S/C21H26ClN9O2S/c1-21(24)3-6-30(7-4-21)18-15(19-29-26-12-33-19)27-20(16(23)28-18)34-13-2-5-25-17(14(13)22)31-8-10-32-11-9-31/h2,5,12H,3-4,6-11,24H2,1H3,(H2,23,28). The first-order chi connectivity index (χ1) is 16.4. The molecule has 0 saturated carbocycles. The van der Waals surface area contributed by atoms with Gasteiger partial charge in [-0.15, -0.1) is 10.2 Å². The lowest BCUT2D eigenvalue weighted by atomic mass is 9.91. The second-order valence-electron chi connectivity index (χ2n) is 8.62. The zero-order valence-electron chi connectivity index (χ0n) is 18.8. The summed E-state index contributed by atoms with van der Waals surface area (Å²) >= 11 is 8.08. The second kappa shape index (κ2) is 9.53. The fourth-order valence-corrected chi connectivity index (χ4v) is 5.11. The molecule has 5 heterocycles. The van der Waals surface area contributed by atoms with Gasteiger partial charge in [0.1, 0.15) is 10.8 Å². The van der Waals surface area contributed by atoms with Crippen LogP contribution in [0.25, 0.3) is 11.6 Å². The summed E-state index contributed by atoms with van der Waals surface area (Å²) in [5.74, 6) is 1.90. The van der Waals surface area contributed by atoms with Crippen molar-refractivity contribution in [1.82, 2.24) is 25.1 Å². The minimum absolute atomic E-state index is 0.202. The van der Waals surface area contributed by atoms with Crippen LogP contribution in [0.2, 0.25) is 5.02 Å². The Bertz CT molecular complexity index is 1150. The van der Waals surface area contributed by atoms with Crippen LogP contribution in [-0.2, 0) is 4.74 Å². The van der Waals surface area contributed by atoms with Gasteiger partial charge in [0.15, 0.2) is 17.3 Å². The van der Waals surface area contributed by atoms with Gasteiger partial charge in [-0.1, -0.05) is 23.4 Å². The van der Waals surface area contributed by atoms with E-state index >= 15 is 0 Å². The zero-order valence-corrected chi connectivity index (χ0v) is 20.3. The number of nitrogens with two attached hydrogens (primary N) is 2. The van der Waals surface area contributed by atoms with Gasteiger partial charge in [-0.05, 0) is 25.8 Å². The van der Waals surface area contributed by atoms with Gasteiger partial charge in [0.05, 0.1) is 18.2 Å². The minimum atomic E-state index is -0.202. The molecule has 180 valence electrons. The number of morpholine rings is 1. The lowest BCUT2D eigenvalue weighted by molar-refractivity contribution is 0.122. The predicted molar refractivity (Wildman–Crippen MR) is 130 cm³/mol. The summed E-state index contributed by atoms with van der Waals surface area (Å²) in [5.41, 5.74) is 13.0. The molecule has 34 heavy (non-hydrogen) atoms. The summed E-state index contributed by atoms with van der Waals surface area (Å²) < 4.78 is 10.9. The van der Waals surface area contributed by atoms with Crippen molar-refractivity contribution in [3.8, 4) is 11.6 Å². The van der Waals surface area contributed by atoms with Crippen molar-refractivity contribution in [2.24, 2.45) is 5.73 Å². The van der Waals surface area contributed by atoms with Gasteiger partial charge in [0.25, 0.3) is 5.89 Å². The van der Waals surface area contributed by atoms with Crippen molar-refractivity contribution < 1.29 is 9.15 Å². The molecule has 0 radical (unpaired) electrons. The number of hydrogen-bond donors (Lipinski definition) is 2. The molecule has 0 atom stereocenters. The van der Waals surface area contributed by atoms with E-state index in [1.54, 1.807) is 6.20 Å². The van der Waals surface area contributed by atoms with E-state index in [-0.39, 0.29) is 11.4 Å². The number of nitrogens with zero attached hydrogens (tertiary/aromatic N) is 7. The number of aromatic nitrogens is 5. The number of pyridine rings is 1. The molecule has 0 spiro atoms. The van der Waals surface area contributed by atoms with Gasteiger partial charge in [-0.25, -0.2) is 15.0 Å². The number of piperidine rings is 1. The van der Waals surface area contributed by atoms with Crippen LogP contribution in [0, 0.1) is 0 Å². The van der Waals surface area contributed by atoms with E-state index in [0.717, 1.165) is 43.9 Å². The van der Waals surface area contributed by atoms with Crippen LogP contribution >= 0.6 is 23.4 Å². The molecule has 0 amide bonds. The van der Waals surface area contributed by atoms with Gasteiger partial charge in [0.2, 0.25) is 6.39 Å². The van der Waals surface area contributed by atoms with Crippen LogP contribution in [-0.4, -0.2) is 70.1 Å². The number of ether oxygens (including phenoxy) is 1. The van der Waals surface area contributed by atoms with Crippen LogP contribution in [0.3, 0.4) is 0 Å². The van der Waals surface area contributed by atoms with Crippen molar-refractivity contribution in [2.75, 3.05) is 54.9 Å². The van der Waals surface area contributed by atoms with Gasteiger partial charge < -0.3 is 30.4 Å². The molecule has 0 bridgehead atoms. The number of nitrogen functional groups attached to an aromatic ring is 1. The minimum Gasteiger partial charge on any atom is -0.422 e. The highest BCUT2D eigenvalue weighted by atomic mass is 35.5. The molecule has 5 rings (SSSR count). The maximum Gasteiger partial charge on any atom is 0.269 e. The Morgan fingerprint density at radius 3 is 2.53 bits per heavy atom. The van der Waals surface area contributed by atoms with Crippen molar-refractivity contribution in [3.63, 3.8) is 0 Å². The van der Waals surface area contributed by atoms with Crippen LogP contribution in [0.4, 0.5) is 17.5 Å². The molecule has 4 N–H and O–H groups in total. The molecule has 3 aromatic rings. The topological polar surface area (TPSA) is 145 Å². The smallest absolute Gasteiger partial charge is 0.269 e. The van der Waals surface area contributed by atoms with Gasteiger partial charge in [0, 0.05) is 42.8 Å². The molecule has 0 aromatic carbocycles. The Morgan fingerprint density at radius 2 is 1.82 bits per heavy atom. The summed E-state index contributed by atoms with van der Waals surface area (Å²) in [6, 6.07) is 1.84. The largest absolute Gasteiger partial charge is 0.422 e. The average molecular weight is 504 g/mol. The summed E-state index contributed by atoms with van der Waals surface area (Å²) in [7, 11) is 0. The highest BCUT2D eigenvalue weighted by Crippen LogP contribution is 2.41. The molecule has 0 unspecified atom stereocenters. The summed E-state index contributed by atoms with van der Waals surface area (Å²) in [5, 5.41) is 8.92. The zero-order chi connectivity index (χ0) is 23.7. The fourth-order valence-electron chi connectivity index (χ4n) is 3.96. The molecule has 3 aromatic heterocycles. The SMILES string of the molecule is CC1(N)CCN(c2nc(N)c(Sc3ccnc(N4CCOCC4)c3Cl)nc2-c2nnco2)CC1. The highest BCUT2D eigenvalue weighted by Gasteiger charge is 2.30. The van der Waals surface area contributed by atoms with Crippen molar-refractivity contribution in [1.29, 1.82) is 0 Å². The highest BCUT2D eigenvalue weighted by molar-refractivity contribution is 7.99. The van der Waals surface area contributed by atoms with E-state index in [1.165, 1.54) is 18.2 Å². The first-order valence-corrected chi connectivity index (χ1v) is 12.2. The first kappa shape index (κ1) is 23.1. The summed E-state index contributed by atoms with van der Waals surface area (Å²) in [6.07, 6.45) is 4.65. The second-order valence-corrected chi connectivity index (χ2v) is 10.0. The molecule has 2 aliphatic rings. The van der Waals surface area contributed by atoms with E-state index in [4.69, 9.17) is 42.2 Å². The molecule has 13 heteroatoms. The molecule has 2 saturated heterocycles. The van der Waals surface area contributed by atoms with E-state index in [2.05, 4.69) is 31.9 Å². The first-order valence-electron chi connectivity index (χ1n) is 11.0. The third-order valence-corrected chi connectivity index (χ3v) is 7.53. The van der Waals surface area contributed by atoms with Crippen LogP contribution in [0.15, 0.2) is 33.0 Å². The van der Waals surface area contributed by atoms with Gasteiger partial charge in [-0.3, -0.25) is 0 Å². The van der Waals surface area contributed by atoms with Crippen molar-refractivity contribution in [3.05, 3.63) is 23.7 Å². The number of anilines is 3. The lowest BCUT2D eigenvalue weighted by Crippen LogP contribution is -2.48. The monoisotopic (exact) mass is 503 g/mol. The Morgan fingerprint density at radius 1 is 1.09 bits per heavy atom. The maximum absolute atomic E-state index is 6.75. The van der Waals surface area contributed by atoms with Gasteiger partial charge >= 0.3 is 0 Å². The number of halogens is 1. The predicted octanol–water partition coefficient (Wildman–Crippen LogP) is 2.46. The molecule has 2 fully saturated rings. The van der Waals surface area contributed by atoms with E-state index in [1.807, 2.05) is 6.07 Å². The summed E-state index contributed by atoms with van der Waals surface area (Å²) in [6.45, 7) is 6.27. The quantitative estimate of drug-likeness (QED) is 0.527. The maximum atomic E-state index is 6.75. The normalized spacial score (nSPS) is 18.3. The Hall–Kier alpha value is -2.67. The summed E-state index contributed by atoms with van der Waals surface area (Å²) in [4.78, 5) is 19.0. The van der Waals surface area contributed by atoms with Crippen molar-refractivity contribution >= 4 is 40.8 Å². The number of rotatable bonds is 5. The van der Waals surface area contributed by atoms with E-state index in [9.17, 15) is 0 Å². The third kappa shape index (κ3) is 4.76. The molecule has 0 aliphatic carbocycles. The molecular weight excluding hydrogens is 478 g/mol. The number of hydrogen-bond acceptors (Lipinski definition) is 12. The Kier molecular flexibility index (Phi) is 6.47. The van der Waals surface area contributed by atoms with E-state index < -0.39 is 0 Å². The third-order valence-electron chi connectivity index (χ3n) is 5.99. The average Bonchev–Trinajstić information content (AvgIpc) is 3.37. The Balaban J connectivity index is 1.48. The van der Waals surface area contributed by atoms with Crippen LogP contribution in [0.1, 0.15) is 19.8 Å². The fraction of sp³-hybridized carbons (Fsp3) is 0.476. The molecule has 11 nitrogen and oxygen atoms in total. The van der Waals surface area contributed by atoms with Crippen molar-refractivity contribution in [2.45, 2.75) is 35.2 Å².